The van der Waals surface area contributed by atoms with E-state index in [9.17, 15) is 4.79 Å². The van der Waals surface area contributed by atoms with Gasteiger partial charge in [-0.1, -0.05) is 13.8 Å². The Labute approximate surface area is 120 Å². The molecule has 5 nitrogen and oxygen atoms in total. The van der Waals surface area contributed by atoms with Crippen LogP contribution in [0.3, 0.4) is 0 Å². The second kappa shape index (κ2) is 7.14. The van der Waals surface area contributed by atoms with Crippen LogP contribution in [0.1, 0.15) is 25.8 Å². The first-order chi connectivity index (χ1) is 9.38. The topological polar surface area (TPSA) is 70.6 Å². The Morgan fingerprint density at radius 2 is 2.10 bits per heavy atom. The van der Waals surface area contributed by atoms with E-state index < -0.39 is 0 Å². The van der Waals surface area contributed by atoms with E-state index >= 15 is 0 Å². The molecule has 1 aromatic carbocycles. The molecular weight excluding hydrogens is 256 g/mol. The van der Waals surface area contributed by atoms with Crippen molar-refractivity contribution in [2.45, 2.75) is 27.2 Å². The fourth-order valence-electron chi connectivity index (χ4n) is 1.78. The van der Waals surface area contributed by atoms with Crippen LogP contribution < -0.4 is 15.4 Å². The highest BCUT2D eigenvalue weighted by Crippen LogP contribution is 2.21. The van der Waals surface area contributed by atoms with E-state index in [1.807, 2.05) is 32.9 Å². The summed E-state index contributed by atoms with van der Waals surface area (Å²) in [6.07, 6.45) is 0.648. The number of urea groups is 1. The quantitative estimate of drug-likeness (QED) is 0.750. The zero-order valence-electron chi connectivity index (χ0n) is 12.6. The van der Waals surface area contributed by atoms with Gasteiger partial charge in [-0.3, -0.25) is 0 Å². The van der Waals surface area contributed by atoms with Crippen LogP contribution in [0.25, 0.3) is 0 Å². The van der Waals surface area contributed by atoms with E-state index in [0.717, 1.165) is 17.0 Å². The Hall–Kier alpha value is -1.75. The highest BCUT2D eigenvalue weighted by molar-refractivity contribution is 5.90. The summed E-state index contributed by atoms with van der Waals surface area (Å²) in [7, 11) is 1.61. The van der Waals surface area contributed by atoms with Crippen LogP contribution >= 0.6 is 0 Å². The Balaban J connectivity index is 2.54. The van der Waals surface area contributed by atoms with Gasteiger partial charge in [0.05, 0.1) is 7.11 Å². The lowest BCUT2D eigenvalue weighted by Gasteiger charge is -2.24. The van der Waals surface area contributed by atoms with Gasteiger partial charge in [-0.05, 0) is 42.5 Å². The molecule has 0 aliphatic rings. The van der Waals surface area contributed by atoms with Crippen LogP contribution in [0, 0.1) is 12.3 Å². The highest BCUT2D eigenvalue weighted by atomic mass is 16.5. The van der Waals surface area contributed by atoms with E-state index in [1.165, 1.54) is 0 Å². The molecule has 0 saturated heterocycles. The number of carbonyl (C=O) groups is 1. The molecular formula is C15H24N2O3. The standard InChI is InChI=1S/C15H24N2O3/c1-11-9-12(20-4)5-6-13(11)17-14(19)16-10-15(2,3)7-8-18/h5-6,9,18H,7-8,10H2,1-4H3,(H2,16,17,19). The number of anilines is 1. The number of methoxy groups -OCH3 is 1. The van der Waals surface area contributed by atoms with Crippen molar-refractivity contribution in [3.8, 4) is 5.75 Å². The third-order valence-electron chi connectivity index (χ3n) is 3.20. The van der Waals surface area contributed by atoms with Crippen molar-refractivity contribution in [3.63, 3.8) is 0 Å². The van der Waals surface area contributed by atoms with Gasteiger partial charge >= 0.3 is 6.03 Å². The Bertz CT molecular complexity index is 458. The molecule has 0 aliphatic carbocycles. The lowest BCUT2D eigenvalue weighted by molar-refractivity contribution is 0.204. The third-order valence-corrected chi connectivity index (χ3v) is 3.20. The van der Waals surface area contributed by atoms with E-state index in [2.05, 4.69) is 10.6 Å². The van der Waals surface area contributed by atoms with Gasteiger partial charge < -0.3 is 20.5 Å². The van der Waals surface area contributed by atoms with Crippen LogP contribution in [0.5, 0.6) is 5.75 Å². The van der Waals surface area contributed by atoms with Crippen molar-refractivity contribution in [3.05, 3.63) is 23.8 Å². The molecule has 20 heavy (non-hydrogen) atoms. The molecule has 0 aliphatic heterocycles. The van der Waals surface area contributed by atoms with Crippen LogP contribution in [0.4, 0.5) is 10.5 Å². The second-order valence-corrected chi connectivity index (χ2v) is 5.63. The van der Waals surface area contributed by atoms with Gasteiger partial charge in [0, 0.05) is 18.8 Å². The number of benzene rings is 1. The van der Waals surface area contributed by atoms with Gasteiger partial charge in [-0.15, -0.1) is 0 Å². The van der Waals surface area contributed by atoms with E-state index in [4.69, 9.17) is 9.84 Å². The SMILES string of the molecule is COc1ccc(NC(=O)NCC(C)(C)CCO)c(C)c1. The largest absolute Gasteiger partial charge is 0.497 e. The molecule has 112 valence electrons. The van der Waals surface area contributed by atoms with Gasteiger partial charge in [-0.2, -0.15) is 0 Å². The van der Waals surface area contributed by atoms with Crippen molar-refractivity contribution in [1.29, 1.82) is 0 Å². The molecule has 0 fully saturated rings. The maximum absolute atomic E-state index is 11.9. The summed E-state index contributed by atoms with van der Waals surface area (Å²) in [6, 6.07) is 5.24. The number of aliphatic hydroxyl groups is 1. The number of ether oxygens (including phenoxy) is 1. The molecule has 0 bridgehead atoms. The second-order valence-electron chi connectivity index (χ2n) is 5.63. The van der Waals surface area contributed by atoms with E-state index in [0.29, 0.717) is 13.0 Å². The number of aryl methyl sites for hydroxylation is 1. The van der Waals surface area contributed by atoms with Gasteiger partial charge in [0.25, 0.3) is 0 Å². The van der Waals surface area contributed by atoms with Gasteiger partial charge in [-0.25, -0.2) is 4.79 Å². The summed E-state index contributed by atoms with van der Waals surface area (Å²) in [5.41, 5.74) is 1.57. The summed E-state index contributed by atoms with van der Waals surface area (Å²) in [5.74, 6) is 0.762. The van der Waals surface area contributed by atoms with Crippen molar-refractivity contribution in [2.24, 2.45) is 5.41 Å². The van der Waals surface area contributed by atoms with Gasteiger partial charge in [0.2, 0.25) is 0 Å². The Kier molecular flexibility index (Phi) is 5.82. The lowest BCUT2D eigenvalue weighted by Crippen LogP contribution is -2.37. The number of rotatable bonds is 6. The Morgan fingerprint density at radius 1 is 1.40 bits per heavy atom. The first-order valence-electron chi connectivity index (χ1n) is 6.68. The van der Waals surface area contributed by atoms with Gasteiger partial charge in [0.15, 0.2) is 0 Å². The fraction of sp³-hybridized carbons (Fsp3) is 0.533. The van der Waals surface area contributed by atoms with Crippen molar-refractivity contribution >= 4 is 11.7 Å². The monoisotopic (exact) mass is 280 g/mol. The minimum Gasteiger partial charge on any atom is -0.497 e. The minimum absolute atomic E-state index is 0.119. The van der Waals surface area contributed by atoms with E-state index in [-0.39, 0.29) is 18.1 Å². The predicted octanol–water partition coefficient (Wildman–Crippen LogP) is 2.53. The molecule has 3 N–H and O–H groups in total. The predicted molar refractivity (Wildman–Crippen MR) is 80.2 cm³/mol. The molecule has 0 saturated carbocycles. The fourth-order valence-corrected chi connectivity index (χ4v) is 1.78. The molecule has 0 unspecified atom stereocenters. The van der Waals surface area contributed by atoms with Gasteiger partial charge in [0.1, 0.15) is 5.75 Å². The molecule has 1 aromatic rings. The molecule has 0 radical (unpaired) electrons. The minimum atomic E-state index is -0.246. The summed E-state index contributed by atoms with van der Waals surface area (Å²) in [6.45, 7) is 6.54. The normalized spacial score (nSPS) is 11.1. The third kappa shape index (κ3) is 5.09. The maximum Gasteiger partial charge on any atom is 0.319 e. The molecule has 2 amide bonds. The average Bonchev–Trinajstić information content (AvgIpc) is 2.39. The van der Waals surface area contributed by atoms with Crippen molar-refractivity contribution in [2.75, 3.05) is 25.6 Å². The molecule has 0 atom stereocenters. The summed E-state index contributed by atoms with van der Waals surface area (Å²) in [5, 5.41) is 14.6. The maximum atomic E-state index is 11.9. The zero-order valence-corrected chi connectivity index (χ0v) is 12.6. The number of hydrogen-bond donors (Lipinski definition) is 3. The molecule has 0 heterocycles. The molecule has 1 rings (SSSR count). The summed E-state index contributed by atoms with van der Waals surface area (Å²) >= 11 is 0. The summed E-state index contributed by atoms with van der Waals surface area (Å²) < 4.78 is 5.12. The van der Waals surface area contributed by atoms with Crippen LogP contribution in [-0.4, -0.2) is 31.4 Å². The van der Waals surface area contributed by atoms with Crippen LogP contribution in [0.15, 0.2) is 18.2 Å². The van der Waals surface area contributed by atoms with Crippen molar-refractivity contribution < 1.29 is 14.6 Å². The number of nitrogens with one attached hydrogen (secondary N) is 2. The molecule has 0 aromatic heterocycles. The van der Waals surface area contributed by atoms with E-state index in [1.54, 1.807) is 13.2 Å². The number of amides is 2. The first kappa shape index (κ1) is 16.3. The molecule has 0 spiro atoms. The number of carbonyl (C=O) groups excluding carboxylic acids is 1. The number of hydrogen-bond acceptors (Lipinski definition) is 3. The molecule has 5 heteroatoms. The van der Waals surface area contributed by atoms with Crippen LogP contribution in [-0.2, 0) is 0 Å². The Morgan fingerprint density at radius 3 is 2.65 bits per heavy atom. The average molecular weight is 280 g/mol. The lowest BCUT2D eigenvalue weighted by atomic mass is 9.90. The number of aliphatic hydroxyl groups excluding tert-OH is 1. The zero-order chi connectivity index (χ0) is 15.2. The highest BCUT2D eigenvalue weighted by Gasteiger charge is 2.18. The van der Waals surface area contributed by atoms with Crippen LogP contribution in [0.2, 0.25) is 0 Å². The van der Waals surface area contributed by atoms with Crippen molar-refractivity contribution in [1.82, 2.24) is 5.32 Å². The smallest absolute Gasteiger partial charge is 0.319 e. The summed E-state index contributed by atoms with van der Waals surface area (Å²) in [4.78, 5) is 11.9. The first-order valence-corrected chi connectivity index (χ1v) is 6.68.